The average Bonchev–Trinajstić information content (AvgIpc) is 3.17. The molecule has 150 valence electrons. The number of carbonyl (C=O) groups is 1. The van der Waals surface area contributed by atoms with E-state index in [1.165, 1.54) is 11.8 Å². The predicted octanol–water partition coefficient (Wildman–Crippen LogP) is 4.50. The molecule has 7 heteroatoms. The number of hydrogen-bond donors (Lipinski definition) is 2. The lowest BCUT2D eigenvalue weighted by Gasteiger charge is -2.10. The van der Waals surface area contributed by atoms with Gasteiger partial charge in [-0.05, 0) is 66.2 Å². The zero-order chi connectivity index (χ0) is 20.9. The Balaban J connectivity index is 1.37. The molecular formula is C23H20N4O2S. The Morgan fingerprint density at radius 2 is 1.90 bits per heavy atom. The van der Waals surface area contributed by atoms with Crippen LogP contribution in [0, 0.1) is 0 Å². The number of aromatic nitrogens is 2. The van der Waals surface area contributed by atoms with Gasteiger partial charge in [0.2, 0.25) is 0 Å². The molecule has 1 amide bonds. The van der Waals surface area contributed by atoms with Crippen LogP contribution < -0.4 is 10.6 Å². The molecule has 0 saturated heterocycles. The van der Waals surface area contributed by atoms with Gasteiger partial charge in [-0.2, -0.15) is 0 Å². The van der Waals surface area contributed by atoms with Crippen LogP contribution in [0.4, 0.5) is 5.69 Å². The van der Waals surface area contributed by atoms with Gasteiger partial charge in [-0.3, -0.25) is 15.1 Å². The van der Waals surface area contributed by atoms with E-state index in [9.17, 15) is 4.79 Å². The number of carbonyl (C=O) groups excluding carboxylic acids is 1. The van der Waals surface area contributed by atoms with Crippen molar-refractivity contribution in [3.05, 3.63) is 89.6 Å². The molecule has 0 aliphatic heterocycles. The van der Waals surface area contributed by atoms with Crippen molar-refractivity contribution in [2.24, 2.45) is 0 Å². The van der Waals surface area contributed by atoms with E-state index >= 15 is 0 Å². The molecule has 4 aromatic rings. The van der Waals surface area contributed by atoms with E-state index in [2.05, 4.69) is 39.7 Å². The van der Waals surface area contributed by atoms with Gasteiger partial charge in [-0.1, -0.05) is 25.1 Å². The van der Waals surface area contributed by atoms with Crippen molar-refractivity contribution in [2.75, 3.05) is 5.32 Å². The third-order valence-corrected chi connectivity index (χ3v) is 4.83. The number of oxazole rings is 1. The van der Waals surface area contributed by atoms with Gasteiger partial charge in [0.05, 0.1) is 5.56 Å². The molecule has 2 heterocycles. The molecule has 0 atom stereocenters. The number of nitrogens with one attached hydrogen (secondary N) is 2. The van der Waals surface area contributed by atoms with Gasteiger partial charge in [0.1, 0.15) is 5.52 Å². The average molecular weight is 417 g/mol. The van der Waals surface area contributed by atoms with Gasteiger partial charge in [0, 0.05) is 24.5 Å². The fourth-order valence-electron chi connectivity index (χ4n) is 3.03. The first-order valence-electron chi connectivity index (χ1n) is 9.60. The molecule has 0 aliphatic carbocycles. The smallest absolute Gasteiger partial charge is 0.258 e. The molecule has 2 N–H and O–H groups in total. The van der Waals surface area contributed by atoms with Crippen molar-refractivity contribution < 1.29 is 9.21 Å². The molecule has 0 bridgehead atoms. The van der Waals surface area contributed by atoms with Crippen LogP contribution in [0.25, 0.3) is 11.1 Å². The molecule has 4 rings (SSSR count). The molecule has 0 radical (unpaired) electrons. The van der Waals surface area contributed by atoms with Gasteiger partial charge >= 0.3 is 0 Å². The van der Waals surface area contributed by atoms with Crippen molar-refractivity contribution in [1.29, 1.82) is 0 Å². The van der Waals surface area contributed by atoms with E-state index in [1.54, 1.807) is 18.3 Å². The molecule has 0 unspecified atom stereocenters. The Morgan fingerprint density at radius 1 is 1.10 bits per heavy atom. The van der Waals surface area contributed by atoms with Gasteiger partial charge in [0.25, 0.3) is 5.91 Å². The van der Waals surface area contributed by atoms with E-state index in [0.717, 1.165) is 28.8 Å². The zero-order valence-corrected chi connectivity index (χ0v) is 17.2. The number of benzene rings is 2. The first-order valence-corrected chi connectivity index (χ1v) is 10.0. The maximum Gasteiger partial charge on any atom is 0.258 e. The standard InChI is InChI=1S/C23H20N4O2S/c1-2-15-7-10-20-19(12-15)26-21(29-20)13-16-5-8-18(9-6-16)25-23(30)27-22(28)17-4-3-11-24-14-17/h3-12,14H,2,13H2,1H3,(H2,25,27,28,30). The molecule has 0 aliphatic rings. The Bertz CT molecular complexity index is 1190. The van der Waals surface area contributed by atoms with Crippen molar-refractivity contribution in [3.63, 3.8) is 0 Å². The number of fused-ring (bicyclic) bond motifs is 1. The lowest BCUT2D eigenvalue weighted by molar-refractivity contribution is 0.0977. The molecule has 30 heavy (non-hydrogen) atoms. The van der Waals surface area contributed by atoms with Crippen LogP contribution in [-0.4, -0.2) is 21.0 Å². The summed E-state index contributed by atoms with van der Waals surface area (Å²) in [4.78, 5) is 20.6. The highest BCUT2D eigenvalue weighted by Crippen LogP contribution is 2.20. The number of pyridine rings is 1. The number of rotatable bonds is 5. The molecular weight excluding hydrogens is 396 g/mol. The minimum Gasteiger partial charge on any atom is -0.440 e. The van der Waals surface area contributed by atoms with Crippen molar-refractivity contribution >= 4 is 40.0 Å². The maximum atomic E-state index is 12.1. The zero-order valence-electron chi connectivity index (χ0n) is 16.4. The fourth-order valence-corrected chi connectivity index (χ4v) is 3.24. The summed E-state index contributed by atoms with van der Waals surface area (Å²) in [7, 11) is 0. The summed E-state index contributed by atoms with van der Waals surface area (Å²) in [5, 5.41) is 5.87. The van der Waals surface area contributed by atoms with E-state index < -0.39 is 0 Å². The first kappa shape index (κ1) is 19.7. The van der Waals surface area contributed by atoms with Crippen LogP contribution in [0.15, 0.2) is 71.4 Å². The number of anilines is 1. The monoisotopic (exact) mass is 416 g/mol. The van der Waals surface area contributed by atoms with Crippen LogP contribution in [-0.2, 0) is 12.8 Å². The Morgan fingerprint density at radius 3 is 2.63 bits per heavy atom. The largest absolute Gasteiger partial charge is 0.440 e. The third kappa shape index (κ3) is 4.69. The van der Waals surface area contributed by atoms with Crippen molar-refractivity contribution in [3.8, 4) is 0 Å². The second-order valence-electron chi connectivity index (χ2n) is 6.79. The molecule has 6 nitrogen and oxygen atoms in total. The summed E-state index contributed by atoms with van der Waals surface area (Å²) in [5.41, 5.74) is 5.21. The highest BCUT2D eigenvalue weighted by Gasteiger charge is 2.09. The van der Waals surface area contributed by atoms with Crippen LogP contribution >= 0.6 is 12.2 Å². The lowest BCUT2D eigenvalue weighted by Crippen LogP contribution is -2.34. The number of nitrogens with zero attached hydrogens (tertiary/aromatic N) is 2. The van der Waals surface area contributed by atoms with Gasteiger partial charge in [-0.25, -0.2) is 4.98 Å². The van der Waals surface area contributed by atoms with Crippen molar-refractivity contribution in [1.82, 2.24) is 15.3 Å². The highest BCUT2D eigenvalue weighted by molar-refractivity contribution is 7.80. The SMILES string of the molecule is CCc1ccc2oc(Cc3ccc(NC(=S)NC(=O)c4cccnc4)cc3)nc2c1. The summed E-state index contributed by atoms with van der Waals surface area (Å²) in [6.45, 7) is 2.12. The molecule has 0 spiro atoms. The Kier molecular flexibility index (Phi) is 5.81. The predicted molar refractivity (Wildman–Crippen MR) is 121 cm³/mol. The third-order valence-electron chi connectivity index (χ3n) is 4.62. The Labute approximate surface area is 179 Å². The maximum absolute atomic E-state index is 12.1. The number of thiocarbonyl (C=S) groups is 1. The van der Waals surface area contributed by atoms with Crippen molar-refractivity contribution in [2.45, 2.75) is 19.8 Å². The van der Waals surface area contributed by atoms with E-state index in [-0.39, 0.29) is 11.0 Å². The van der Waals surface area contributed by atoms with Gasteiger partial charge < -0.3 is 9.73 Å². The summed E-state index contributed by atoms with van der Waals surface area (Å²) >= 11 is 5.22. The summed E-state index contributed by atoms with van der Waals surface area (Å²) in [5.74, 6) is 0.373. The van der Waals surface area contributed by atoms with E-state index in [0.29, 0.717) is 17.9 Å². The summed E-state index contributed by atoms with van der Waals surface area (Å²) < 4.78 is 5.85. The lowest BCUT2D eigenvalue weighted by atomic mass is 10.1. The minimum atomic E-state index is -0.306. The van der Waals surface area contributed by atoms with Crippen LogP contribution in [0.3, 0.4) is 0 Å². The molecule has 0 fully saturated rings. The van der Waals surface area contributed by atoms with E-state index in [4.69, 9.17) is 16.6 Å². The second kappa shape index (κ2) is 8.84. The second-order valence-corrected chi connectivity index (χ2v) is 7.20. The fraction of sp³-hybridized carbons (Fsp3) is 0.130. The van der Waals surface area contributed by atoms with Gasteiger partial charge in [-0.15, -0.1) is 0 Å². The van der Waals surface area contributed by atoms with E-state index in [1.807, 2.05) is 30.3 Å². The van der Waals surface area contributed by atoms with Crippen LogP contribution in [0.1, 0.15) is 34.3 Å². The molecule has 2 aromatic heterocycles. The molecule has 2 aromatic carbocycles. The van der Waals surface area contributed by atoms with Crippen LogP contribution in [0.2, 0.25) is 0 Å². The Hall–Kier alpha value is -3.58. The number of aryl methyl sites for hydroxylation is 1. The number of hydrogen-bond acceptors (Lipinski definition) is 5. The number of amides is 1. The topological polar surface area (TPSA) is 80.0 Å². The van der Waals surface area contributed by atoms with Gasteiger partial charge in [0.15, 0.2) is 16.6 Å². The van der Waals surface area contributed by atoms with Crippen LogP contribution in [0.5, 0.6) is 0 Å². The first-order chi connectivity index (χ1) is 14.6. The quantitative estimate of drug-likeness (QED) is 0.466. The minimum absolute atomic E-state index is 0.224. The highest BCUT2D eigenvalue weighted by atomic mass is 32.1. The normalized spacial score (nSPS) is 10.7. The molecule has 0 saturated carbocycles. The summed E-state index contributed by atoms with van der Waals surface area (Å²) in [6.07, 6.45) is 4.66. The summed E-state index contributed by atoms with van der Waals surface area (Å²) in [6, 6.07) is 17.2.